The molecule has 3 aromatic rings. The van der Waals surface area contributed by atoms with E-state index in [0.29, 0.717) is 12.5 Å². The van der Waals surface area contributed by atoms with E-state index in [1.54, 1.807) is 12.1 Å². The van der Waals surface area contributed by atoms with Crippen LogP contribution in [0.25, 0.3) is 11.1 Å². The van der Waals surface area contributed by atoms with Crippen molar-refractivity contribution in [2.24, 2.45) is 0 Å². The molecule has 1 unspecified atom stereocenters. The van der Waals surface area contributed by atoms with E-state index in [0.717, 1.165) is 47.5 Å². The first kappa shape index (κ1) is 26.8. The van der Waals surface area contributed by atoms with Gasteiger partial charge in [-0.1, -0.05) is 54.6 Å². The standard InChI is InChI=1S/C30H35NO3.ClH/c1-31-20-5-9-26(31)19-22-34-28-17-13-25(14-18-28)30(24-11-15-27(33)16-12-24)29(10-6-21-32)23-7-3-2-4-8-23;/h2-4,7-8,11-18,26,32-33H,5-6,9-10,19-22H2,1H3;1H/b30-29-;. The SMILES string of the molecule is CN1CCCC1CCOc1ccc(/C(=C(/CCCO)c2ccccc2)c2ccc(O)cc2)cc1.Cl. The predicted molar refractivity (Wildman–Crippen MR) is 146 cm³/mol. The smallest absolute Gasteiger partial charge is 0.119 e. The summed E-state index contributed by atoms with van der Waals surface area (Å²) in [5, 5.41) is 19.4. The first-order chi connectivity index (χ1) is 16.7. The zero-order chi connectivity index (χ0) is 23.8. The van der Waals surface area contributed by atoms with Crippen molar-refractivity contribution in [3.05, 3.63) is 95.6 Å². The first-order valence-electron chi connectivity index (χ1n) is 12.3. The molecular formula is C30H36ClNO3. The van der Waals surface area contributed by atoms with Gasteiger partial charge in [-0.25, -0.2) is 0 Å². The van der Waals surface area contributed by atoms with Crippen LogP contribution in [0.4, 0.5) is 0 Å². The molecule has 1 aliphatic heterocycles. The lowest BCUT2D eigenvalue weighted by Gasteiger charge is -2.20. The van der Waals surface area contributed by atoms with Crippen LogP contribution in [-0.4, -0.2) is 48.0 Å². The number of hydrogen-bond acceptors (Lipinski definition) is 4. The van der Waals surface area contributed by atoms with Gasteiger partial charge in [-0.3, -0.25) is 0 Å². The Hall–Kier alpha value is -2.79. The van der Waals surface area contributed by atoms with Crippen LogP contribution in [0.2, 0.25) is 0 Å². The minimum absolute atomic E-state index is 0. The monoisotopic (exact) mass is 493 g/mol. The summed E-state index contributed by atoms with van der Waals surface area (Å²) in [6.07, 6.45) is 5.03. The van der Waals surface area contributed by atoms with Gasteiger partial charge in [0.2, 0.25) is 0 Å². The molecule has 1 atom stereocenters. The molecular weight excluding hydrogens is 458 g/mol. The molecule has 186 valence electrons. The Morgan fingerprint density at radius 1 is 0.914 bits per heavy atom. The molecule has 0 radical (unpaired) electrons. The third-order valence-electron chi connectivity index (χ3n) is 6.70. The van der Waals surface area contributed by atoms with Crippen LogP contribution in [0.1, 0.15) is 48.8 Å². The first-order valence-corrected chi connectivity index (χ1v) is 12.3. The molecule has 0 spiro atoms. The Labute approximate surface area is 215 Å². The van der Waals surface area contributed by atoms with Crippen LogP contribution < -0.4 is 4.74 Å². The molecule has 1 saturated heterocycles. The molecule has 3 aromatic carbocycles. The van der Waals surface area contributed by atoms with Gasteiger partial charge in [-0.15, -0.1) is 12.4 Å². The highest BCUT2D eigenvalue weighted by Crippen LogP contribution is 2.36. The second-order valence-corrected chi connectivity index (χ2v) is 9.03. The number of hydrogen-bond donors (Lipinski definition) is 2. The third kappa shape index (κ3) is 7.11. The maximum atomic E-state index is 9.85. The molecule has 1 heterocycles. The average molecular weight is 494 g/mol. The number of aliphatic hydroxyl groups excluding tert-OH is 1. The minimum Gasteiger partial charge on any atom is -0.508 e. The van der Waals surface area contributed by atoms with E-state index in [2.05, 4.69) is 36.2 Å². The highest BCUT2D eigenvalue weighted by atomic mass is 35.5. The van der Waals surface area contributed by atoms with E-state index in [1.807, 2.05) is 42.5 Å². The van der Waals surface area contributed by atoms with Crippen molar-refractivity contribution in [1.82, 2.24) is 4.90 Å². The molecule has 0 bridgehead atoms. The fourth-order valence-corrected chi connectivity index (χ4v) is 4.83. The third-order valence-corrected chi connectivity index (χ3v) is 6.70. The molecule has 0 saturated carbocycles. The summed E-state index contributed by atoms with van der Waals surface area (Å²) in [6, 6.07) is 26.6. The van der Waals surface area contributed by atoms with E-state index in [4.69, 9.17) is 4.74 Å². The van der Waals surface area contributed by atoms with Gasteiger partial charge in [0.1, 0.15) is 11.5 Å². The lowest BCUT2D eigenvalue weighted by molar-refractivity contribution is 0.233. The number of phenolic OH excluding ortho intramolecular Hbond substituents is 1. The summed E-state index contributed by atoms with van der Waals surface area (Å²) in [5.74, 6) is 1.13. The number of benzene rings is 3. The number of aromatic hydroxyl groups is 1. The lowest BCUT2D eigenvalue weighted by Crippen LogP contribution is -2.26. The molecule has 35 heavy (non-hydrogen) atoms. The fraction of sp³-hybridized carbons (Fsp3) is 0.333. The van der Waals surface area contributed by atoms with Crippen LogP contribution in [0.15, 0.2) is 78.9 Å². The number of aliphatic hydroxyl groups is 1. The number of allylic oxidation sites excluding steroid dienone is 1. The predicted octanol–water partition coefficient (Wildman–Crippen LogP) is 6.41. The second-order valence-electron chi connectivity index (χ2n) is 9.03. The Morgan fingerprint density at radius 3 is 2.17 bits per heavy atom. The normalized spacial score (nSPS) is 16.5. The molecule has 1 fully saturated rings. The largest absolute Gasteiger partial charge is 0.508 e. The van der Waals surface area contributed by atoms with Crippen LogP contribution in [-0.2, 0) is 0 Å². The number of nitrogens with zero attached hydrogens (tertiary/aromatic N) is 1. The zero-order valence-electron chi connectivity index (χ0n) is 20.4. The molecule has 4 nitrogen and oxygen atoms in total. The van der Waals surface area contributed by atoms with Crippen molar-refractivity contribution in [1.29, 1.82) is 0 Å². The van der Waals surface area contributed by atoms with Gasteiger partial charge in [0.15, 0.2) is 0 Å². The van der Waals surface area contributed by atoms with Gasteiger partial charge >= 0.3 is 0 Å². The molecule has 4 rings (SSSR count). The van der Waals surface area contributed by atoms with Gasteiger partial charge in [0, 0.05) is 12.6 Å². The van der Waals surface area contributed by atoms with Crippen molar-refractivity contribution >= 4 is 23.6 Å². The molecule has 5 heteroatoms. The number of halogens is 1. The molecule has 1 aliphatic rings. The Morgan fingerprint density at radius 2 is 1.57 bits per heavy atom. The van der Waals surface area contributed by atoms with Crippen LogP contribution in [0, 0.1) is 0 Å². The van der Waals surface area contributed by atoms with Gasteiger partial charge in [0.05, 0.1) is 6.61 Å². The van der Waals surface area contributed by atoms with Crippen molar-refractivity contribution in [3.63, 3.8) is 0 Å². The quantitative estimate of drug-likeness (QED) is 0.320. The van der Waals surface area contributed by atoms with E-state index < -0.39 is 0 Å². The van der Waals surface area contributed by atoms with Gasteiger partial charge < -0.3 is 19.8 Å². The van der Waals surface area contributed by atoms with E-state index in [1.165, 1.54) is 25.0 Å². The highest BCUT2D eigenvalue weighted by Gasteiger charge is 2.20. The molecule has 0 aromatic heterocycles. The summed E-state index contributed by atoms with van der Waals surface area (Å²) < 4.78 is 6.07. The van der Waals surface area contributed by atoms with E-state index >= 15 is 0 Å². The fourth-order valence-electron chi connectivity index (χ4n) is 4.83. The van der Waals surface area contributed by atoms with E-state index in [9.17, 15) is 10.2 Å². The number of likely N-dealkylation sites (tertiary alicyclic amines) is 1. The van der Waals surface area contributed by atoms with Crippen molar-refractivity contribution in [3.8, 4) is 11.5 Å². The van der Waals surface area contributed by atoms with E-state index in [-0.39, 0.29) is 24.8 Å². The van der Waals surface area contributed by atoms with Crippen molar-refractivity contribution in [2.45, 2.75) is 38.1 Å². The maximum Gasteiger partial charge on any atom is 0.119 e. The topological polar surface area (TPSA) is 52.9 Å². The highest BCUT2D eigenvalue weighted by molar-refractivity contribution is 5.98. The molecule has 2 N–H and O–H groups in total. The average Bonchev–Trinajstić information content (AvgIpc) is 3.28. The summed E-state index contributed by atoms with van der Waals surface area (Å²) in [4.78, 5) is 2.43. The van der Waals surface area contributed by atoms with Crippen LogP contribution >= 0.6 is 12.4 Å². The maximum absolute atomic E-state index is 9.85. The summed E-state index contributed by atoms with van der Waals surface area (Å²) in [5.41, 5.74) is 5.55. The Balaban J connectivity index is 0.00000342. The van der Waals surface area contributed by atoms with Gasteiger partial charge in [-0.05, 0) is 97.8 Å². The summed E-state index contributed by atoms with van der Waals surface area (Å²) >= 11 is 0. The zero-order valence-corrected chi connectivity index (χ0v) is 21.2. The Kier molecular flexibility index (Phi) is 10.2. The van der Waals surface area contributed by atoms with Crippen molar-refractivity contribution < 1.29 is 14.9 Å². The van der Waals surface area contributed by atoms with Crippen LogP contribution in [0.5, 0.6) is 11.5 Å². The summed E-state index contributed by atoms with van der Waals surface area (Å²) in [7, 11) is 2.20. The van der Waals surface area contributed by atoms with Crippen molar-refractivity contribution in [2.75, 3.05) is 26.8 Å². The summed E-state index contributed by atoms with van der Waals surface area (Å²) in [6.45, 7) is 2.05. The Bertz CT molecular complexity index is 1070. The minimum atomic E-state index is 0. The molecule has 0 amide bonds. The number of rotatable bonds is 10. The van der Waals surface area contributed by atoms with Gasteiger partial charge in [-0.2, -0.15) is 0 Å². The lowest BCUT2D eigenvalue weighted by atomic mass is 9.87. The number of phenols is 1. The van der Waals surface area contributed by atoms with Crippen LogP contribution in [0.3, 0.4) is 0 Å². The second kappa shape index (κ2) is 13.3. The number of ether oxygens (including phenoxy) is 1. The van der Waals surface area contributed by atoms with Gasteiger partial charge in [0.25, 0.3) is 0 Å². The molecule has 0 aliphatic carbocycles.